The average molecular weight is 400 g/mol. The van der Waals surface area contributed by atoms with Crippen LogP contribution in [0.25, 0.3) is 22.2 Å². The molecule has 4 N–H and O–H groups in total. The van der Waals surface area contributed by atoms with Crippen molar-refractivity contribution in [3.8, 4) is 17.3 Å². The molecule has 4 rings (SSSR count). The van der Waals surface area contributed by atoms with Gasteiger partial charge in [-0.25, -0.2) is 14.4 Å². The number of pyridine rings is 1. The van der Waals surface area contributed by atoms with Crippen molar-refractivity contribution >= 4 is 22.5 Å². The van der Waals surface area contributed by atoms with Crippen molar-refractivity contribution < 1.29 is 4.39 Å². The van der Waals surface area contributed by atoms with E-state index in [-0.39, 0.29) is 33.5 Å². The van der Waals surface area contributed by atoms with Gasteiger partial charge in [0.1, 0.15) is 35.4 Å². The zero-order valence-corrected chi connectivity index (χ0v) is 16.0. The lowest BCUT2D eigenvalue weighted by Crippen LogP contribution is -2.21. The summed E-state index contributed by atoms with van der Waals surface area (Å²) < 4.78 is 14.4. The quantitative estimate of drug-likeness (QED) is 0.480. The van der Waals surface area contributed by atoms with Crippen LogP contribution in [0.15, 0.2) is 59.7 Å². The first-order valence-electron chi connectivity index (χ1n) is 9.18. The summed E-state index contributed by atoms with van der Waals surface area (Å²) in [6.45, 7) is 1.77. The van der Waals surface area contributed by atoms with E-state index in [1.807, 2.05) is 36.4 Å². The van der Waals surface area contributed by atoms with Crippen LogP contribution in [0, 0.1) is 17.1 Å². The normalized spacial score (nSPS) is 11.8. The second-order valence-electron chi connectivity index (χ2n) is 6.73. The Bertz CT molecular complexity index is 1340. The Balaban J connectivity index is 1.94. The fourth-order valence-electron chi connectivity index (χ4n) is 3.43. The molecule has 0 bridgehead atoms. The number of nitriles is 1. The van der Waals surface area contributed by atoms with Crippen LogP contribution >= 0.6 is 0 Å². The first kappa shape index (κ1) is 19.1. The van der Waals surface area contributed by atoms with Crippen LogP contribution in [0.4, 0.5) is 16.0 Å². The van der Waals surface area contributed by atoms with Crippen LogP contribution < -0.4 is 16.5 Å². The van der Waals surface area contributed by atoms with Gasteiger partial charge in [0.2, 0.25) is 0 Å². The number of anilines is 2. The predicted octanol–water partition coefficient (Wildman–Crippen LogP) is 3.75. The lowest BCUT2D eigenvalue weighted by Gasteiger charge is -2.20. The van der Waals surface area contributed by atoms with Gasteiger partial charge in [0.05, 0.1) is 17.3 Å². The third kappa shape index (κ3) is 3.22. The summed E-state index contributed by atoms with van der Waals surface area (Å²) in [6, 6.07) is 15.0. The smallest absolute Gasteiger partial charge is 0.195 e. The van der Waals surface area contributed by atoms with E-state index in [0.29, 0.717) is 11.3 Å². The highest BCUT2D eigenvalue weighted by atomic mass is 19.1. The van der Waals surface area contributed by atoms with Gasteiger partial charge in [-0.3, -0.25) is 4.79 Å². The third-order valence-electron chi connectivity index (χ3n) is 4.86. The van der Waals surface area contributed by atoms with Crippen molar-refractivity contribution in [1.82, 2.24) is 15.0 Å². The largest absolute Gasteiger partial charge is 0.382 e. The number of nitrogens with one attached hydrogen (secondary N) is 2. The first-order chi connectivity index (χ1) is 14.5. The monoisotopic (exact) mass is 400 g/mol. The minimum atomic E-state index is -0.571. The summed E-state index contributed by atoms with van der Waals surface area (Å²) in [7, 11) is 0. The number of nitrogens with zero attached hydrogens (tertiary/aromatic N) is 3. The molecule has 8 heteroatoms. The molecule has 0 saturated carbocycles. The Morgan fingerprint density at radius 1 is 1.17 bits per heavy atom. The number of fused-ring (bicyclic) bond motifs is 1. The molecule has 0 amide bonds. The number of aromatic nitrogens is 3. The van der Waals surface area contributed by atoms with Crippen LogP contribution in [0.5, 0.6) is 0 Å². The number of H-pyrrole nitrogens is 1. The fraction of sp³-hybridized carbons (Fsp3) is 0.0909. The molecule has 0 saturated heterocycles. The lowest BCUT2D eigenvalue weighted by atomic mass is 9.97. The molecule has 2 heterocycles. The van der Waals surface area contributed by atoms with Gasteiger partial charge >= 0.3 is 0 Å². The molecule has 1 atom stereocenters. The highest BCUT2D eigenvalue weighted by Gasteiger charge is 2.22. The minimum Gasteiger partial charge on any atom is -0.382 e. The molecule has 0 spiro atoms. The summed E-state index contributed by atoms with van der Waals surface area (Å²) in [5.41, 5.74) is 7.28. The number of benzene rings is 2. The molecule has 0 fully saturated rings. The molecule has 2 aromatic heterocycles. The molecule has 0 aliphatic rings. The van der Waals surface area contributed by atoms with Crippen LogP contribution in [-0.4, -0.2) is 15.0 Å². The summed E-state index contributed by atoms with van der Waals surface area (Å²) in [6.07, 6.45) is 1.24. The topological polar surface area (TPSA) is 120 Å². The van der Waals surface area contributed by atoms with Crippen molar-refractivity contribution in [2.75, 3.05) is 11.1 Å². The molecule has 1 unspecified atom stereocenters. The summed E-state index contributed by atoms with van der Waals surface area (Å²) in [4.78, 5) is 24.4. The molecule has 30 heavy (non-hydrogen) atoms. The van der Waals surface area contributed by atoms with E-state index in [1.165, 1.54) is 18.5 Å². The van der Waals surface area contributed by atoms with Crippen molar-refractivity contribution in [3.05, 3.63) is 82.0 Å². The lowest BCUT2D eigenvalue weighted by molar-refractivity contribution is 0.636. The predicted molar refractivity (Wildman–Crippen MR) is 113 cm³/mol. The average Bonchev–Trinajstić information content (AvgIpc) is 2.75. The number of nitrogen functional groups attached to an aromatic ring is 1. The van der Waals surface area contributed by atoms with Gasteiger partial charge < -0.3 is 16.0 Å². The Morgan fingerprint density at radius 3 is 2.67 bits per heavy atom. The summed E-state index contributed by atoms with van der Waals surface area (Å²) in [5.74, 6) is -0.250. The van der Waals surface area contributed by atoms with Gasteiger partial charge in [0.15, 0.2) is 5.43 Å². The zero-order chi connectivity index (χ0) is 21.3. The molecular formula is C22H17FN6O. The maximum atomic E-state index is 14.4. The standard InChI is InChI=1S/C22H17FN6O/c1-12(28-22-15(10-24)21(25)26-11-27-22)17-18(13-6-3-2-4-7-13)29-19-14(20(17)30)8-5-9-16(19)23/h2-9,11-12H,1H3,(H,29,30)(H3,25,26,27,28). The van der Waals surface area contributed by atoms with E-state index in [9.17, 15) is 14.4 Å². The minimum absolute atomic E-state index is 0.0416. The summed E-state index contributed by atoms with van der Waals surface area (Å²) >= 11 is 0. The number of para-hydroxylation sites is 1. The SMILES string of the molecule is CC(Nc1ncnc(N)c1C#N)c1c(-c2ccccc2)[nH]c2c(F)cccc2c1=O. The molecule has 4 aromatic rings. The summed E-state index contributed by atoms with van der Waals surface area (Å²) in [5, 5.41) is 12.7. The molecule has 0 aliphatic heterocycles. The molecule has 0 aliphatic carbocycles. The highest BCUT2D eigenvalue weighted by Crippen LogP contribution is 2.29. The Kier molecular flexibility index (Phi) is 4.86. The number of hydrogen-bond donors (Lipinski definition) is 3. The first-order valence-corrected chi connectivity index (χ1v) is 9.18. The van der Waals surface area contributed by atoms with Gasteiger partial charge in [-0.1, -0.05) is 36.4 Å². The van der Waals surface area contributed by atoms with E-state index in [1.54, 1.807) is 13.0 Å². The van der Waals surface area contributed by atoms with Crippen molar-refractivity contribution in [1.29, 1.82) is 5.26 Å². The van der Waals surface area contributed by atoms with Crippen LogP contribution in [0.2, 0.25) is 0 Å². The highest BCUT2D eigenvalue weighted by molar-refractivity contribution is 5.84. The number of nitrogens with two attached hydrogens (primary N) is 1. The molecule has 0 radical (unpaired) electrons. The maximum absolute atomic E-state index is 14.4. The van der Waals surface area contributed by atoms with Gasteiger partial charge in [-0.05, 0) is 24.6 Å². The third-order valence-corrected chi connectivity index (χ3v) is 4.86. The number of hydrogen-bond acceptors (Lipinski definition) is 6. The second-order valence-corrected chi connectivity index (χ2v) is 6.73. The molecule has 2 aromatic carbocycles. The van der Waals surface area contributed by atoms with Crippen molar-refractivity contribution in [3.63, 3.8) is 0 Å². The van der Waals surface area contributed by atoms with E-state index in [4.69, 9.17) is 5.73 Å². The van der Waals surface area contributed by atoms with Gasteiger partial charge in [0.25, 0.3) is 0 Å². The number of rotatable bonds is 4. The fourth-order valence-corrected chi connectivity index (χ4v) is 3.43. The van der Waals surface area contributed by atoms with Crippen LogP contribution in [0.1, 0.15) is 24.1 Å². The Hall–Kier alpha value is -4.25. The second kappa shape index (κ2) is 7.64. The zero-order valence-electron chi connectivity index (χ0n) is 16.0. The van der Waals surface area contributed by atoms with Crippen LogP contribution in [0.3, 0.4) is 0 Å². The molecule has 148 valence electrons. The van der Waals surface area contributed by atoms with Gasteiger partial charge in [-0.2, -0.15) is 5.26 Å². The number of halogens is 1. The van der Waals surface area contributed by atoms with Gasteiger partial charge in [0, 0.05) is 10.9 Å². The number of aromatic amines is 1. The van der Waals surface area contributed by atoms with E-state index < -0.39 is 11.9 Å². The molecular weight excluding hydrogens is 383 g/mol. The Morgan fingerprint density at radius 2 is 1.93 bits per heavy atom. The molecule has 7 nitrogen and oxygen atoms in total. The van der Waals surface area contributed by atoms with E-state index in [0.717, 1.165) is 5.56 Å². The van der Waals surface area contributed by atoms with Crippen molar-refractivity contribution in [2.45, 2.75) is 13.0 Å². The van der Waals surface area contributed by atoms with Crippen LogP contribution in [-0.2, 0) is 0 Å². The van der Waals surface area contributed by atoms with E-state index in [2.05, 4.69) is 20.3 Å². The van der Waals surface area contributed by atoms with E-state index >= 15 is 0 Å². The maximum Gasteiger partial charge on any atom is 0.195 e. The van der Waals surface area contributed by atoms with Crippen molar-refractivity contribution in [2.24, 2.45) is 0 Å². The van der Waals surface area contributed by atoms with Gasteiger partial charge in [-0.15, -0.1) is 0 Å². The Labute approximate surface area is 171 Å².